The Hall–Kier alpha value is -3.24. The van der Waals surface area contributed by atoms with Crippen LogP contribution in [0.25, 0.3) is 11.0 Å². The molecule has 0 spiro atoms. The van der Waals surface area contributed by atoms with Crippen molar-refractivity contribution >= 4 is 16.9 Å². The Balaban J connectivity index is 1.14. The average molecular weight is 453 g/mol. The Labute approximate surface area is 188 Å². The fourth-order valence-corrected chi connectivity index (χ4v) is 5.15. The number of anilines is 1. The number of fused-ring (bicyclic) bond motifs is 1. The van der Waals surface area contributed by atoms with Crippen molar-refractivity contribution in [2.24, 2.45) is 0 Å². The molecular formula is C23H24FN5O4. The van der Waals surface area contributed by atoms with Gasteiger partial charge < -0.3 is 24.5 Å². The molecule has 3 aliphatic heterocycles. The van der Waals surface area contributed by atoms with Gasteiger partial charge in [0.05, 0.1) is 35.5 Å². The van der Waals surface area contributed by atoms with Crippen molar-refractivity contribution in [1.82, 2.24) is 19.4 Å². The summed E-state index contributed by atoms with van der Waals surface area (Å²) in [5, 5.41) is 14.9. The predicted octanol–water partition coefficient (Wildman–Crippen LogP) is 1.48. The second kappa shape index (κ2) is 7.67. The molecule has 172 valence electrons. The van der Waals surface area contributed by atoms with Crippen LogP contribution in [0, 0.1) is 5.82 Å². The molecule has 0 amide bonds. The monoisotopic (exact) mass is 453 g/mol. The third-order valence-electron chi connectivity index (χ3n) is 6.69. The standard InChI is InChI=1S/C23H24FN5O4/c24-15-10-25-16-1-2-20(30)29-13-23(31,21(15)22(16)29)12-28-5-3-14(4-6-28)27-19-9-17-18(11-26-19)33-8-7-32-17/h1-2,9-11,14,31H,3-8,12-13H2,(H,26,27). The summed E-state index contributed by atoms with van der Waals surface area (Å²) < 4.78 is 27.3. The van der Waals surface area contributed by atoms with Gasteiger partial charge in [-0.25, -0.2) is 9.37 Å². The highest BCUT2D eigenvalue weighted by molar-refractivity contribution is 5.81. The summed E-state index contributed by atoms with van der Waals surface area (Å²) in [6.07, 6.45) is 4.48. The van der Waals surface area contributed by atoms with Crippen molar-refractivity contribution in [1.29, 1.82) is 0 Å². The Morgan fingerprint density at radius 1 is 1.15 bits per heavy atom. The molecule has 0 aromatic carbocycles. The lowest BCUT2D eigenvalue weighted by Gasteiger charge is -2.37. The van der Waals surface area contributed by atoms with Crippen LogP contribution < -0.4 is 20.3 Å². The maximum atomic E-state index is 14.8. The fraction of sp³-hybridized carbons (Fsp3) is 0.435. The van der Waals surface area contributed by atoms with E-state index in [9.17, 15) is 14.3 Å². The number of nitrogens with zero attached hydrogens (tertiary/aromatic N) is 4. The summed E-state index contributed by atoms with van der Waals surface area (Å²) in [6.45, 7) is 2.79. The largest absolute Gasteiger partial charge is 0.486 e. The normalized spacial score (nSPS) is 22.6. The van der Waals surface area contributed by atoms with E-state index in [0.717, 1.165) is 37.9 Å². The summed E-state index contributed by atoms with van der Waals surface area (Å²) >= 11 is 0. The Bertz CT molecular complexity index is 1290. The molecule has 9 nitrogen and oxygen atoms in total. The minimum Gasteiger partial charge on any atom is -0.486 e. The highest BCUT2D eigenvalue weighted by Crippen LogP contribution is 2.38. The first-order chi connectivity index (χ1) is 16.0. The number of aliphatic hydroxyl groups is 1. The topological polar surface area (TPSA) is 102 Å². The lowest BCUT2D eigenvalue weighted by molar-refractivity contribution is -0.0146. The first-order valence-corrected chi connectivity index (χ1v) is 11.2. The first-order valence-electron chi connectivity index (χ1n) is 11.2. The molecular weight excluding hydrogens is 429 g/mol. The van der Waals surface area contributed by atoms with Gasteiger partial charge in [0.25, 0.3) is 5.56 Å². The van der Waals surface area contributed by atoms with Gasteiger partial charge in [-0.3, -0.25) is 14.7 Å². The third kappa shape index (κ3) is 3.50. The molecule has 3 aromatic heterocycles. The first kappa shape index (κ1) is 20.4. The van der Waals surface area contributed by atoms with E-state index in [-0.39, 0.29) is 30.3 Å². The maximum absolute atomic E-state index is 14.8. The number of β-amino-alcohol motifs (C(OH)–C–C–N with tert-alkyl or cyclic N) is 1. The third-order valence-corrected chi connectivity index (χ3v) is 6.69. The summed E-state index contributed by atoms with van der Waals surface area (Å²) in [5.74, 6) is 1.51. The van der Waals surface area contributed by atoms with Crippen LogP contribution in [0.15, 0.2) is 35.4 Å². The maximum Gasteiger partial charge on any atom is 0.251 e. The van der Waals surface area contributed by atoms with Crippen LogP contribution in [0.1, 0.15) is 18.4 Å². The van der Waals surface area contributed by atoms with Crippen LogP contribution in [0.3, 0.4) is 0 Å². The van der Waals surface area contributed by atoms with Gasteiger partial charge in [-0.15, -0.1) is 0 Å². The summed E-state index contributed by atoms with van der Waals surface area (Å²) in [7, 11) is 0. The highest BCUT2D eigenvalue weighted by atomic mass is 19.1. The lowest BCUT2D eigenvalue weighted by atomic mass is 9.93. The van der Waals surface area contributed by atoms with Crippen molar-refractivity contribution in [3.05, 3.63) is 52.3 Å². The number of rotatable bonds is 4. The number of aromatic nitrogens is 3. The van der Waals surface area contributed by atoms with Gasteiger partial charge in [0.2, 0.25) is 0 Å². The van der Waals surface area contributed by atoms with E-state index in [1.165, 1.54) is 10.6 Å². The van der Waals surface area contributed by atoms with Gasteiger partial charge in [0.1, 0.15) is 30.4 Å². The zero-order chi connectivity index (χ0) is 22.6. The van der Waals surface area contributed by atoms with E-state index in [1.807, 2.05) is 6.07 Å². The average Bonchev–Trinajstić information content (AvgIpc) is 3.14. The van der Waals surface area contributed by atoms with E-state index in [4.69, 9.17) is 9.47 Å². The molecule has 33 heavy (non-hydrogen) atoms. The van der Waals surface area contributed by atoms with Gasteiger partial charge in [0.15, 0.2) is 11.5 Å². The number of hydrogen-bond donors (Lipinski definition) is 2. The molecule has 1 atom stereocenters. The second-order valence-corrected chi connectivity index (χ2v) is 8.91. The van der Waals surface area contributed by atoms with Gasteiger partial charge in [-0.05, 0) is 18.9 Å². The number of halogens is 1. The molecule has 6 heterocycles. The van der Waals surface area contributed by atoms with Crippen molar-refractivity contribution in [3.8, 4) is 11.5 Å². The van der Waals surface area contributed by atoms with Crippen molar-refractivity contribution < 1.29 is 19.0 Å². The molecule has 1 fully saturated rings. The van der Waals surface area contributed by atoms with E-state index >= 15 is 0 Å². The molecule has 1 saturated heterocycles. The lowest BCUT2D eigenvalue weighted by Crippen LogP contribution is -2.47. The Morgan fingerprint density at radius 3 is 2.76 bits per heavy atom. The van der Waals surface area contributed by atoms with E-state index in [1.54, 1.807) is 12.3 Å². The van der Waals surface area contributed by atoms with Crippen LogP contribution in [0.2, 0.25) is 0 Å². The van der Waals surface area contributed by atoms with Crippen LogP contribution >= 0.6 is 0 Å². The minimum absolute atomic E-state index is 0.0282. The zero-order valence-electron chi connectivity index (χ0n) is 18.0. The molecule has 0 bridgehead atoms. The van der Waals surface area contributed by atoms with Crippen LogP contribution in [0.5, 0.6) is 11.5 Å². The van der Waals surface area contributed by atoms with Crippen LogP contribution in [0.4, 0.5) is 10.2 Å². The number of piperidine rings is 1. The van der Waals surface area contributed by atoms with E-state index < -0.39 is 11.4 Å². The van der Waals surface area contributed by atoms with Crippen molar-refractivity contribution in [3.63, 3.8) is 0 Å². The molecule has 0 aliphatic carbocycles. The van der Waals surface area contributed by atoms with E-state index in [0.29, 0.717) is 35.7 Å². The van der Waals surface area contributed by atoms with Gasteiger partial charge in [-0.2, -0.15) is 0 Å². The Morgan fingerprint density at radius 2 is 1.94 bits per heavy atom. The predicted molar refractivity (Wildman–Crippen MR) is 118 cm³/mol. The number of likely N-dealkylation sites (tertiary alicyclic amines) is 1. The van der Waals surface area contributed by atoms with Gasteiger partial charge in [-0.1, -0.05) is 0 Å². The summed E-state index contributed by atoms with van der Waals surface area (Å²) in [5.41, 5.74) is -0.660. The van der Waals surface area contributed by atoms with Crippen molar-refractivity contribution in [2.45, 2.75) is 31.0 Å². The second-order valence-electron chi connectivity index (χ2n) is 8.91. The number of nitrogens with one attached hydrogen (secondary N) is 1. The summed E-state index contributed by atoms with van der Waals surface area (Å²) in [4.78, 5) is 23.0. The number of pyridine rings is 3. The van der Waals surface area contributed by atoms with Gasteiger partial charge in [0, 0.05) is 37.8 Å². The van der Waals surface area contributed by atoms with Crippen molar-refractivity contribution in [2.75, 3.05) is 38.2 Å². The molecule has 1 unspecified atom stereocenters. The Kier molecular flexibility index (Phi) is 4.73. The highest BCUT2D eigenvalue weighted by Gasteiger charge is 2.43. The van der Waals surface area contributed by atoms with Gasteiger partial charge >= 0.3 is 0 Å². The molecule has 0 radical (unpaired) electrons. The smallest absolute Gasteiger partial charge is 0.251 e. The quantitative estimate of drug-likeness (QED) is 0.613. The number of hydrogen-bond acceptors (Lipinski definition) is 8. The molecule has 10 heteroatoms. The zero-order valence-corrected chi connectivity index (χ0v) is 18.0. The minimum atomic E-state index is -1.48. The fourth-order valence-electron chi connectivity index (χ4n) is 5.15. The summed E-state index contributed by atoms with van der Waals surface area (Å²) in [6, 6.07) is 5.06. The van der Waals surface area contributed by atoms with Crippen LogP contribution in [-0.4, -0.2) is 63.4 Å². The van der Waals surface area contributed by atoms with E-state index in [2.05, 4.69) is 20.2 Å². The van der Waals surface area contributed by atoms with Crippen LogP contribution in [-0.2, 0) is 12.1 Å². The molecule has 0 saturated carbocycles. The molecule has 2 N–H and O–H groups in total. The molecule has 3 aliphatic rings. The number of ether oxygens (including phenoxy) is 2. The SMILES string of the molecule is O=c1ccc2ncc(F)c3c2n1CC3(O)CN1CCC(Nc2cc3c(cn2)OCCO3)CC1. The molecule has 6 rings (SSSR count). The molecule has 3 aromatic rings.